The Morgan fingerprint density at radius 3 is 2.39 bits per heavy atom. The molecule has 1 atom stereocenters. The zero-order valence-electron chi connectivity index (χ0n) is 12.2. The third kappa shape index (κ3) is 7.40. The smallest absolute Gasteiger partial charge is 0.234 e. The van der Waals surface area contributed by atoms with Crippen LogP contribution in [0.5, 0.6) is 0 Å². The van der Waals surface area contributed by atoms with E-state index in [1.54, 1.807) is 7.11 Å². The van der Waals surface area contributed by atoms with Crippen molar-refractivity contribution in [3.05, 3.63) is 0 Å². The molecule has 0 aromatic rings. The van der Waals surface area contributed by atoms with Crippen molar-refractivity contribution in [3.8, 4) is 0 Å². The average molecular weight is 258 g/mol. The van der Waals surface area contributed by atoms with Crippen LogP contribution in [0.3, 0.4) is 0 Å². The highest BCUT2D eigenvalue weighted by Crippen LogP contribution is 2.02. The number of amides is 1. The molecule has 5 heteroatoms. The lowest BCUT2D eigenvalue weighted by Gasteiger charge is -2.22. The number of likely N-dealkylation sites (N-methyl/N-ethyl adjacent to an activating group) is 1. The Kier molecular flexibility index (Phi) is 8.58. The monoisotopic (exact) mass is 258 g/mol. The van der Waals surface area contributed by atoms with Crippen LogP contribution in [-0.4, -0.2) is 56.5 Å². The minimum atomic E-state index is -0.384. The second-order valence-corrected chi connectivity index (χ2v) is 4.98. The molecular weight excluding hydrogens is 232 g/mol. The first-order chi connectivity index (χ1) is 8.38. The molecule has 106 valence electrons. The van der Waals surface area contributed by atoms with E-state index in [1.165, 1.54) is 6.92 Å². The molecule has 0 radical (unpaired) electrons. The molecule has 0 aliphatic rings. The number of nitrogens with zero attached hydrogens (tertiary/aromatic N) is 1. The molecular formula is C13H26N2O3. The van der Waals surface area contributed by atoms with Gasteiger partial charge in [-0.05, 0) is 26.3 Å². The minimum Gasteiger partial charge on any atom is -0.385 e. The van der Waals surface area contributed by atoms with E-state index in [2.05, 4.69) is 5.32 Å². The van der Waals surface area contributed by atoms with Crippen LogP contribution in [0.4, 0.5) is 0 Å². The van der Waals surface area contributed by atoms with Gasteiger partial charge in [-0.15, -0.1) is 0 Å². The van der Waals surface area contributed by atoms with Crippen LogP contribution in [0.25, 0.3) is 0 Å². The second kappa shape index (κ2) is 9.05. The number of Topliss-reactive ketones (excluding diaryl/α,β-unsaturated/α-hetero) is 1. The third-order valence-corrected chi connectivity index (χ3v) is 2.72. The molecule has 0 spiro atoms. The van der Waals surface area contributed by atoms with Gasteiger partial charge in [0.25, 0.3) is 0 Å². The van der Waals surface area contributed by atoms with Gasteiger partial charge >= 0.3 is 0 Å². The quantitative estimate of drug-likeness (QED) is 0.618. The highest BCUT2D eigenvalue weighted by atomic mass is 16.5. The summed E-state index contributed by atoms with van der Waals surface area (Å²) >= 11 is 0. The molecule has 18 heavy (non-hydrogen) atoms. The molecule has 5 nitrogen and oxygen atoms in total. The molecule has 0 aromatic carbocycles. The molecule has 0 fully saturated rings. The summed E-state index contributed by atoms with van der Waals surface area (Å²) in [5, 5.41) is 2.78. The fourth-order valence-electron chi connectivity index (χ4n) is 1.76. The zero-order valence-corrected chi connectivity index (χ0v) is 12.2. The lowest BCUT2D eigenvalue weighted by molar-refractivity contribution is -0.128. The van der Waals surface area contributed by atoms with Gasteiger partial charge in [-0.2, -0.15) is 0 Å². The maximum atomic E-state index is 11.8. The van der Waals surface area contributed by atoms with Gasteiger partial charge in [-0.25, -0.2) is 0 Å². The van der Waals surface area contributed by atoms with Crippen molar-refractivity contribution in [2.75, 3.05) is 33.9 Å². The van der Waals surface area contributed by atoms with Gasteiger partial charge in [-0.3, -0.25) is 14.5 Å². The predicted octanol–water partition coefficient (Wildman–Crippen LogP) is 0.685. The molecule has 0 aliphatic heterocycles. The van der Waals surface area contributed by atoms with Crippen molar-refractivity contribution in [1.29, 1.82) is 0 Å². The lowest BCUT2D eigenvalue weighted by atomic mass is 10.0. The Morgan fingerprint density at radius 1 is 1.33 bits per heavy atom. The SMILES string of the molecule is COCCCN(C)CC(=O)NC(C(C)=O)C(C)C. The summed E-state index contributed by atoms with van der Waals surface area (Å²) in [5.74, 6) is 0.00875. The number of ketones is 1. The number of carbonyl (C=O) groups excluding carboxylic acids is 2. The van der Waals surface area contributed by atoms with Crippen LogP contribution < -0.4 is 5.32 Å². The molecule has 0 heterocycles. The first kappa shape index (κ1) is 17.1. The number of hydrogen-bond acceptors (Lipinski definition) is 4. The number of carbonyl (C=O) groups is 2. The van der Waals surface area contributed by atoms with Gasteiger partial charge in [0.15, 0.2) is 5.78 Å². The van der Waals surface area contributed by atoms with Gasteiger partial charge in [0.2, 0.25) is 5.91 Å². The summed E-state index contributed by atoms with van der Waals surface area (Å²) in [6.45, 7) is 7.15. The Morgan fingerprint density at radius 2 is 1.94 bits per heavy atom. The van der Waals surface area contributed by atoms with E-state index in [0.29, 0.717) is 13.2 Å². The molecule has 1 unspecified atom stereocenters. The molecule has 0 saturated carbocycles. The zero-order chi connectivity index (χ0) is 14.1. The van der Waals surface area contributed by atoms with Crippen LogP contribution in [-0.2, 0) is 14.3 Å². The molecule has 0 aromatic heterocycles. The molecule has 0 aliphatic carbocycles. The summed E-state index contributed by atoms with van der Waals surface area (Å²) in [5.41, 5.74) is 0. The number of methoxy groups -OCH3 is 1. The van der Waals surface area contributed by atoms with Crippen LogP contribution >= 0.6 is 0 Å². The Balaban J connectivity index is 4.04. The number of hydrogen-bond donors (Lipinski definition) is 1. The standard InChI is InChI=1S/C13H26N2O3/c1-10(2)13(11(3)16)14-12(17)9-15(4)7-6-8-18-5/h10,13H,6-9H2,1-5H3,(H,14,17). The number of nitrogens with one attached hydrogen (secondary N) is 1. The van der Waals surface area contributed by atoms with Crippen LogP contribution in [0.1, 0.15) is 27.2 Å². The van der Waals surface area contributed by atoms with E-state index < -0.39 is 0 Å². The van der Waals surface area contributed by atoms with E-state index in [1.807, 2.05) is 25.8 Å². The van der Waals surface area contributed by atoms with Crippen molar-refractivity contribution >= 4 is 11.7 Å². The van der Waals surface area contributed by atoms with Crippen LogP contribution in [0.2, 0.25) is 0 Å². The summed E-state index contributed by atoms with van der Waals surface area (Å²) in [4.78, 5) is 25.1. The van der Waals surface area contributed by atoms with E-state index >= 15 is 0 Å². The summed E-state index contributed by atoms with van der Waals surface area (Å²) in [7, 11) is 3.54. The third-order valence-electron chi connectivity index (χ3n) is 2.72. The Hall–Kier alpha value is -0.940. The highest BCUT2D eigenvalue weighted by Gasteiger charge is 2.20. The topological polar surface area (TPSA) is 58.6 Å². The van der Waals surface area contributed by atoms with Crippen LogP contribution in [0, 0.1) is 5.92 Å². The molecule has 0 bridgehead atoms. The fraction of sp³-hybridized carbons (Fsp3) is 0.846. The second-order valence-electron chi connectivity index (χ2n) is 4.98. The van der Waals surface area contributed by atoms with Gasteiger partial charge in [-0.1, -0.05) is 13.8 Å². The van der Waals surface area contributed by atoms with Crippen molar-refractivity contribution in [2.24, 2.45) is 5.92 Å². The van der Waals surface area contributed by atoms with Gasteiger partial charge in [0, 0.05) is 20.3 Å². The minimum absolute atomic E-state index is 0.000357. The normalized spacial score (nSPS) is 12.8. The number of ether oxygens (including phenoxy) is 1. The molecule has 1 amide bonds. The van der Waals surface area contributed by atoms with E-state index in [0.717, 1.165) is 13.0 Å². The maximum Gasteiger partial charge on any atom is 0.234 e. The van der Waals surface area contributed by atoms with Gasteiger partial charge in [0.1, 0.15) is 0 Å². The fourth-order valence-corrected chi connectivity index (χ4v) is 1.76. The van der Waals surface area contributed by atoms with E-state index in [-0.39, 0.29) is 23.7 Å². The Labute approximate surface area is 110 Å². The average Bonchev–Trinajstić information content (AvgIpc) is 2.25. The lowest BCUT2D eigenvalue weighted by Crippen LogP contribution is -2.47. The highest BCUT2D eigenvalue weighted by molar-refractivity contribution is 5.88. The molecule has 0 saturated heterocycles. The summed E-state index contributed by atoms with van der Waals surface area (Å²) < 4.78 is 4.95. The van der Waals surface area contributed by atoms with Crippen molar-refractivity contribution < 1.29 is 14.3 Å². The van der Waals surface area contributed by atoms with E-state index in [4.69, 9.17) is 4.74 Å². The predicted molar refractivity (Wildman–Crippen MR) is 71.4 cm³/mol. The van der Waals surface area contributed by atoms with Crippen LogP contribution in [0.15, 0.2) is 0 Å². The van der Waals surface area contributed by atoms with Crippen molar-refractivity contribution in [2.45, 2.75) is 33.2 Å². The van der Waals surface area contributed by atoms with Gasteiger partial charge in [0.05, 0.1) is 12.6 Å². The number of rotatable bonds is 9. The van der Waals surface area contributed by atoms with Crippen molar-refractivity contribution in [1.82, 2.24) is 10.2 Å². The van der Waals surface area contributed by atoms with Gasteiger partial charge < -0.3 is 10.1 Å². The first-order valence-electron chi connectivity index (χ1n) is 6.35. The largest absolute Gasteiger partial charge is 0.385 e. The van der Waals surface area contributed by atoms with Crippen molar-refractivity contribution in [3.63, 3.8) is 0 Å². The first-order valence-corrected chi connectivity index (χ1v) is 6.35. The molecule has 0 rings (SSSR count). The summed E-state index contributed by atoms with van der Waals surface area (Å²) in [6.07, 6.45) is 0.889. The maximum absolute atomic E-state index is 11.8. The summed E-state index contributed by atoms with van der Waals surface area (Å²) in [6, 6.07) is -0.384. The molecule has 1 N–H and O–H groups in total. The Bertz CT molecular complexity index is 267. The van der Waals surface area contributed by atoms with E-state index in [9.17, 15) is 9.59 Å².